The van der Waals surface area contributed by atoms with E-state index in [1.165, 1.54) is 10.9 Å². The van der Waals surface area contributed by atoms with E-state index < -0.39 is 0 Å². The van der Waals surface area contributed by atoms with E-state index in [1.54, 1.807) is 0 Å². The number of aromatic nitrogens is 1. The molecular formula is C18H23ClN4O. The zero-order valence-electron chi connectivity index (χ0n) is 13.7. The van der Waals surface area contributed by atoms with Crippen LogP contribution in [-0.4, -0.2) is 59.6 Å². The number of likely N-dealkylation sites (tertiary alicyclic amines) is 1. The molecule has 6 heteroatoms. The van der Waals surface area contributed by atoms with E-state index in [1.807, 2.05) is 17.0 Å². The molecule has 1 aromatic heterocycles. The third kappa shape index (κ3) is 3.10. The number of H-pyrrole nitrogens is 1. The predicted molar refractivity (Wildman–Crippen MR) is 96.6 cm³/mol. The van der Waals surface area contributed by atoms with E-state index in [2.05, 4.69) is 27.5 Å². The minimum atomic E-state index is 0.117. The van der Waals surface area contributed by atoms with Crippen molar-refractivity contribution < 1.29 is 4.79 Å². The molecule has 2 aliphatic heterocycles. The lowest BCUT2D eigenvalue weighted by atomic mass is 10.0. The summed E-state index contributed by atoms with van der Waals surface area (Å²) in [5.74, 6) is 0. The minimum absolute atomic E-state index is 0.117. The standard InChI is InChI=1S/C18H23ClN4O/c19-14-1-2-16-13(12-21-17(16)11-14)3-7-22-8-4-15(5-9-22)23-10-6-20-18(23)24/h1-2,11-12,15,21H,3-10H2,(H,20,24). The summed E-state index contributed by atoms with van der Waals surface area (Å²) in [6.07, 6.45) is 5.30. The van der Waals surface area contributed by atoms with Crippen molar-refractivity contribution in [1.82, 2.24) is 20.1 Å². The van der Waals surface area contributed by atoms with Crippen LogP contribution < -0.4 is 5.32 Å². The number of carbonyl (C=O) groups is 1. The van der Waals surface area contributed by atoms with Gasteiger partial charge in [0.05, 0.1) is 0 Å². The van der Waals surface area contributed by atoms with E-state index in [4.69, 9.17) is 11.6 Å². The van der Waals surface area contributed by atoms with Crippen LogP contribution >= 0.6 is 11.6 Å². The van der Waals surface area contributed by atoms with E-state index >= 15 is 0 Å². The number of carbonyl (C=O) groups excluding carboxylic acids is 1. The Morgan fingerprint density at radius 1 is 1.21 bits per heavy atom. The number of amides is 2. The molecule has 0 spiro atoms. The van der Waals surface area contributed by atoms with Gasteiger partial charge in [0.2, 0.25) is 0 Å². The third-order valence-electron chi connectivity index (χ3n) is 5.31. The second-order valence-corrected chi connectivity index (χ2v) is 7.19. The molecule has 0 atom stereocenters. The summed E-state index contributed by atoms with van der Waals surface area (Å²) in [5, 5.41) is 4.94. The van der Waals surface area contributed by atoms with Crippen LogP contribution in [0, 0.1) is 0 Å². The highest BCUT2D eigenvalue weighted by Gasteiger charge is 2.30. The third-order valence-corrected chi connectivity index (χ3v) is 5.55. The number of rotatable bonds is 4. The monoisotopic (exact) mass is 346 g/mol. The second-order valence-electron chi connectivity index (χ2n) is 6.75. The van der Waals surface area contributed by atoms with Crippen molar-refractivity contribution in [3.63, 3.8) is 0 Å². The Bertz CT molecular complexity index is 736. The summed E-state index contributed by atoms with van der Waals surface area (Å²) < 4.78 is 0. The van der Waals surface area contributed by atoms with Gasteiger partial charge in [-0.3, -0.25) is 0 Å². The number of nitrogens with one attached hydrogen (secondary N) is 2. The lowest BCUT2D eigenvalue weighted by Gasteiger charge is -2.36. The van der Waals surface area contributed by atoms with Crippen LogP contribution in [0.3, 0.4) is 0 Å². The molecule has 0 radical (unpaired) electrons. The molecule has 0 bridgehead atoms. The van der Waals surface area contributed by atoms with Crippen LogP contribution in [0.1, 0.15) is 18.4 Å². The van der Waals surface area contributed by atoms with Crippen LogP contribution in [0.15, 0.2) is 24.4 Å². The Morgan fingerprint density at radius 2 is 2.04 bits per heavy atom. The molecule has 2 amide bonds. The van der Waals surface area contributed by atoms with Gasteiger partial charge in [-0.2, -0.15) is 0 Å². The number of benzene rings is 1. The fourth-order valence-corrected chi connectivity index (χ4v) is 4.11. The number of aromatic amines is 1. The number of hydrogen-bond donors (Lipinski definition) is 2. The molecule has 128 valence electrons. The van der Waals surface area contributed by atoms with E-state index in [0.29, 0.717) is 6.04 Å². The van der Waals surface area contributed by atoms with E-state index in [9.17, 15) is 4.79 Å². The molecule has 2 aromatic rings. The van der Waals surface area contributed by atoms with Crippen LogP contribution in [0.5, 0.6) is 0 Å². The molecular weight excluding hydrogens is 324 g/mol. The first-order valence-electron chi connectivity index (χ1n) is 8.73. The maximum atomic E-state index is 11.8. The molecule has 3 heterocycles. The zero-order chi connectivity index (χ0) is 16.5. The Kier molecular flexibility index (Phi) is 4.37. The average molecular weight is 347 g/mol. The van der Waals surface area contributed by atoms with Gasteiger partial charge in [-0.25, -0.2) is 4.79 Å². The van der Waals surface area contributed by atoms with Crippen LogP contribution in [0.4, 0.5) is 4.79 Å². The molecule has 24 heavy (non-hydrogen) atoms. The molecule has 0 aliphatic carbocycles. The van der Waals surface area contributed by atoms with Gasteiger partial charge in [-0.15, -0.1) is 0 Å². The highest BCUT2D eigenvalue weighted by atomic mass is 35.5. The summed E-state index contributed by atoms with van der Waals surface area (Å²) in [4.78, 5) is 19.6. The smallest absolute Gasteiger partial charge is 0.317 e. The quantitative estimate of drug-likeness (QED) is 0.894. The summed E-state index contributed by atoms with van der Waals surface area (Å²) in [6.45, 7) is 4.87. The van der Waals surface area contributed by atoms with Crippen LogP contribution in [0.25, 0.3) is 10.9 Å². The van der Waals surface area contributed by atoms with Gasteiger partial charge >= 0.3 is 6.03 Å². The molecule has 2 N–H and O–H groups in total. The molecule has 0 unspecified atom stereocenters. The Hall–Kier alpha value is -1.72. The number of hydrogen-bond acceptors (Lipinski definition) is 2. The number of urea groups is 1. The van der Waals surface area contributed by atoms with Crippen molar-refractivity contribution in [1.29, 1.82) is 0 Å². The van der Waals surface area contributed by atoms with Crippen molar-refractivity contribution in [3.05, 3.63) is 35.0 Å². The first-order chi connectivity index (χ1) is 11.7. The predicted octanol–water partition coefficient (Wildman–Crippen LogP) is 2.85. The number of nitrogens with zero attached hydrogens (tertiary/aromatic N) is 2. The number of fused-ring (bicyclic) bond motifs is 1. The number of piperidine rings is 1. The van der Waals surface area contributed by atoms with Gasteiger partial charge in [0.25, 0.3) is 0 Å². The Morgan fingerprint density at radius 3 is 2.79 bits per heavy atom. The van der Waals surface area contributed by atoms with Gasteiger partial charge in [-0.05, 0) is 37.0 Å². The van der Waals surface area contributed by atoms with Crippen molar-refractivity contribution >= 4 is 28.5 Å². The average Bonchev–Trinajstić information content (AvgIpc) is 3.19. The molecule has 2 saturated heterocycles. The first kappa shape index (κ1) is 15.8. The van der Waals surface area contributed by atoms with Gasteiger partial charge in [-0.1, -0.05) is 17.7 Å². The molecule has 4 rings (SSSR count). The summed E-state index contributed by atoms with van der Waals surface area (Å²) in [7, 11) is 0. The van der Waals surface area contributed by atoms with Crippen molar-refractivity contribution in [2.45, 2.75) is 25.3 Å². The van der Waals surface area contributed by atoms with Gasteiger partial charge in [0.15, 0.2) is 0 Å². The van der Waals surface area contributed by atoms with Crippen molar-refractivity contribution in [2.24, 2.45) is 0 Å². The van der Waals surface area contributed by atoms with Crippen LogP contribution in [-0.2, 0) is 6.42 Å². The van der Waals surface area contributed by atoms with Gasteiger partial charge in [0.1, 0.15) is 0 Å². The molecule has 1 aromatic carbocycles. The highest BCUT2D eigenvalue weighted by Crippen LogP contribution is 2.23. The topological polar surface area (TPSA) is 51.4 Å². The zero-order valence-corrected chi connectivity index (χ0v) is 14.5. The summed E-state index contributed by atoms with van der Waals surface area (Å²) in [5.41, 5.74) is 2.46. The van der Waals surface area contributed by atoms with Gasteiger partial charge in [0, 0.05) is 60.9 Å². The highest BCUT2D eigenvalue weighted by molar-refractivity contribution is 6.31. The minimum Gasteiger partial charge on any atom is -0.361 e. The van der Waals surface area contributed by atoms with Crippen molar-refractivity contribution in [2.75, 3.05) is 32.7 Å². The largest absolute Gasteiger partial charge is 0.361 e. The lowest BCUT2D eigenvalue weighted by Crippen LogP contribution is -2.46. The maximum Gasteiger partial charge on any atom is 0.317 e. The fourth-order valence-electron chi connectivity index (χ4n) is 3.93. The summed E-state index contributed by atoms with van der Waals surface area (Å²) in [6, 6.07) is 6.56. The maximum absolute atomic E-state index is 11.8. The normalized spacial score (nSPS) is 20.0. The Labute approximate surface area is 146 Å². The van der Waals surface area contributed by atoms with Crippen LogP contribution in [0.2, 0.25) is 5.02 Å². The van der Waals surface area contributed by atoms with E-state index in [0.717, 1.165) is 62.5 Å². The lowest BCUT2D eigenvalue weighted by molar-refractivity contribution is 0.137. The molecule has 2 aliphatic rings. The van der Waals surface area contributed by atoms with Crippen molar-refractivity contribution in [3.8, 4) is 0 Å². The second kappa shape index (κ2) is 6.65. The molecule has 5 nitrogen and oxygen atoms in total. The summed E-state index contributed by atoms with van der Waals surface area (Å²) >= 11 is 6.04. The number of halogens is 1. The molecule has 2 fully saturated rings. The SMILES string of the molecule is O=C1NCCN1C1CCN(CCc2c[nH]c3cc(Cl)ccc23)CC1. The first-order valence-corrected chi connectivity index (χ1v) is 9.11. The molecule has 0 saturated carbocycles. The van der Waals surface area contributed by atoms with Gasteiger partial charge < -0.3 is 20.1 Å². The van der Waals surface area contributed by atoms with E-state index in [-0.39, 0.29) is 6.03 Å². The Balaban J connectivity index is 1.31. The fraction of sp³-hybridized carbons (Fsp3) is 0.500.